The molecule has 0 aliphatic rings. The second-order valence-electron chi connectivity index (χ2n) is 2.51. The average molecular weight is 231 g/mol. The lowest BCUT2D eigenvalue weighted by Crippen LogP contribution is -2.05. The van der Waals surface area contributed by atoms with Gasteiger partial charge in [-0.05, 0) is 18.2 Å². The predicted molar refractivity (Wildman–Crippen MR) is 56.9 cm³/mol. The van der Waals surface area contributed by atoms with Crippen molar-refractivity contribution < 1.29 is 9.53 Å². The van der Waals surface area contributed by atoms with E-state index in [1.54, 1.807) is 6.07 Å². The highest BCUT2D eigenvalue weighted by Gasteiger charge is 2.10. The summed E-state index contributed by atoms with van der Waals surface area (Å²) in [5.41, 5.74) is 0.304. The van der Waals surface area contributed by atoms with Gasteiger partial charge in [0, 0.05) is 5.02 Å². The van der Waals surface area contributed by atoms with Crippen molar-refractivity contribution in [3.05, 3.63) is 46.5 Å². The molecule has 0 unspecified atom stereocenters. The van der Waals surface area contributed by atoms with E-state index in [-0.39, 0.29) is 11.6 Å². The second kappa shape index (κ2) is 5.03. The van der Waals surface area contributed by atoms with E-state index in [1.165, 1.54) is 18.2 Å². The fourth-order valence-electron chi connectivity index (χ4n) is 0.867. The largest absolute Gasteiger partial charge is 0.458 e. The number of benzene rings is 1. The van der Waals surface area contributed by atoms with Crippen molar-refractivity contribution in [3.8, 4) is 0 Å². The van der Waals surface area contributed by atoms with Gasteiger partial charge in [-0.3, -0.25) is 0 Å². The average Bonchev–Trinajstić information content (AvgIpc) is 2.14. The van der Waals surface area contributed by atoms with E-state index in [4.69, 9.17) is 27.9 Å². The van der Waals surface area contributed by atoms with Crippen molar-refractivity contribution in [3.63, 3.8) is 0 Å². The van der Waals surface area contributed by atoms with Crippen molar-refractivity contribution in [2.75, 3.05) is 6.61 Å². The molecule has 0 atom stereocenters. The fraction of sp³-hybridized carbons (Fsp3) is 0.100. The number of carbonyl (C=O) groups is 1. The molecule has 0 spiro atoms. The van der Waals surface area contributed by atoms with Crippen molar-refractivity contribution in [1.82, 2.24) is 0 Å². The van der Waals surface area contributed by atoms with E-state index in [9.17, 15) is 4.79 Å². The molecule has 1 aromatic rings. The van der Waals surface area contributed by atoms with Crippen LogP contribution >= 0.6 is 23.2 Å². The molecule has 2 nitrogen and oxygen atoms in total. The molecule has 74 valence electrons. The Morgan fingerprint density at radius 1 is 1.50 bits per heavy atom. The molecule has 14 heavy (non-hydrogen) atoms. The summed E-state index contributed by atoms with van der Waals surface area (Å²) in [4.78, 5) is 11.3. The van der Waals surface area contributed by atoms with Crippen molar-refractivity contribution in [2.45, 2.75) is 0 Å². The number of hydrogen-bond acceptors (Lipinski definition) is 2. The lowest BCUT2D eigenvalue weighted by atomic mass is 10.2. The topological polar surface area (TPSA) is 26.3 Å². The maximum Gasteiger partial charge on any atom is 0.339 e. The maximum absolute atomic E-state index is 11.3. The second-order valence-corrected chi connectivity index (χ2v) is 3.35. The number of esters is 1. The zero-order valence-electron chi connectivity index (χ0n) is 7.30. The molecule has 0 aliphatic heterocycles. The predicted octanol–water partition coefficient (Wildman–Crippen LogP) is 3.34. The van der Waals surface area contributed by atoms with Crippen LogP contribution in [-0.4, -0.2) is 12.6 Å². The van der Waals surface area contributed by atoms with E-state index in [0.717, 1.165) is 0 Å². The van der Waals surface area contributed by atoms with Gasteiger partial charge in [0.25, 0.3) is 0 Å². The van der Waals surface area contributed by atoms with Crippen LogP contribution in [0.1, 0.15) is 10.4 Å². The minimum atomic E-state index is -0.480. The first-order chi connectivity index (χ1) is 6.65. The van der Waals surface area contributed by atoms with Gasteiger partial charge < -0.3 is 4.74 Å². The third-order valence-corrected chi connectivity index (χ3v) is 2.03. The smallest absolute Gasteiger partial charge is 0.339 e. The number of halogens is 2. The highest BCUT2D eigenvalue weighted by molar-refractivity contribution is 6.36. The van der Waals surface area contributed by atoms with E-state index >= 15 is 0 Å². The highest BCUT2D eigenvalue weighted by Crippen LogP contribution is 2.21. The van der Waals surface area contributed by atoms with E-state index in [1.807, 2.05) is 0 Å². The Hall–Kier alpha value is -0.990. The molecule has 0 fully saturated rings. The maximum atomic E-state index is 11.3. The van der Waals surface area contributed by atoms with Crippen LogP contribution in [0.15, 0.2) is 30.9 Å². The van der Waals surface area contributed by atoms with Gasteiger partial charge in [0.05, 0.1) is 10.6 Å². The molecular formula is C10H8Cl2O2. The fourth-order valence-corrected chi connectivity index (χ4v) is 1.35. The minimum absolute atomic E-state index is 0.164. The number of rotatable bonds is 3. The summed E-state index contributed by atoms with van der Waals surface area (Å²) >= 11 is 11.5. The normalized spacial score (nSPS) is 9.57. The Balaban J connectivity index is 2.84. The molecule has 0 N–H and O–H groups in total. The lowest BCUT2D eigenvalue weighted by Gasteiger charge is -2.03. The van der Waals surface area contributed by atoms with E-state index in [0.29, 0.717) is 10.6 Å². The van der Waals surface area contributed by atoms with E-state index < -0.39 is 5.97 Å². The van der Waals surface area contributed by atoms with Gasteiger partial charge in [-0.2, -0.15) is 0 Å². The summed E-state index contributed by atoms with van der Waals surface area (Å²) in [5.74, 6) is -0.480. The molecule has 0 radical (unpaired) electrons. The van der Waals surface area contributed by atoms with Crippen LogP contribution < -0.4 is 0 Å². The first-order valence-electron chi connectivity index (χ1n) is 3.88. The van der Waals surface area contributed by atoms with Gasteiger partial charge >= 0.3 is 5.97 Å². The summed E-state index contributed by atoms with van der Waals surface area (Å²) in [6, 6.07) is 4.60. The van der Waals surface area contributed by atoms with Gasteiger partial charge in [-0.15, -0.1) is 0 Å². The van der Waals surface area contributed by atoms with Crippen LogP contribution in [0.4, 0.5) is 0 Å². The minimum Gasteiger partial charge on any atom is -0.458 e. The molecule has 0 aliphatic carbocycles. The lowest BCUT2D eigenvalue weighted by molar-refractivity contribution is 0.0550. The number of ether oxygens (including phenoxy) is 1. The molecule has 0 bridgehead atoms. The van der Waals surface area contributed by atoms with Crippen LogP contribution in [0.3, 0.4) is 0 Å². The van der Waals surface area contributed by atoms with E-state index in [2.05, 4.69) is 6.58 Å². The monoisotopic (exact) mass is 230 g/mol. The number of carbonyl (C=O) groups excluding carboxylic acids is 1. The molecule has 0 saturated carbocycles. The van der Waals surface area contributed by atoms with Crippen LogP contribution in [0, 0.1) is 0 Å². The Morgan fingerprint density at radius 2 is 2.21 bits per heavy atom. The van der Waals surface area contributed by atoms with Crippen LogP contribution in [0.2, 0.25) is 10.0 Å². The SMILES string of the molecule is C=CCOC(=O)c1ccc(Cl)cc1Cl. The molecule has 0 aromatic heterocycles. The molecule has 0 saturated heterocycles. The first-order valence-corrected chi connectivity index (χ1v) is 4.64. The molecule has 4 heteroatoms. The van der Waals surface area contributed by atoms with Crippen molar-refractivity contribution in [2.24, 2.45) is 0 Å². The Bertz CT molecular complexity index is 361. The van der Waals surface area contributed by atoms with Crippen LogP contribution in [0.25, 0.3) is 0 Å². The molecular weight excluding hydrogens is 223 g/mol. The van der Waals surface area contributed by atoms with Crippen LogP contribution in [0.5, 0.6) is 0 Å². The van der Waals surface area contributed by atoms with Gasteiger partial charge in [-0.25, -0.2) is 4.79 Å². The quantitative estimate of drug-likeness (QED) is 0.589. The standard InChI is InChI=1S/C10H8Cl2O2/c1-2-5-14-10(13)8-4-3-7(11)6-9(8)12/h2-4,6H,1,5H2. The molecule has 0 heterocycles. The summed E-state index contributed by atoms with van der Waals surface area (Å²) in [6.45, 7) is 3.60. The summed E-state index contributed by atoms with van der Waals surface area (Å²) in [5, 5.41) is 0.766. The Labute approximate surface area is 92.1 Å². The van der Waals surface area contributed by atoms with Gasteiger partial charge in [0.15, 0.2) is 0 Å². The highest BCUT2D eigenvalue weighted by atomic mass is 35.5. The third-order valence-electron chi connectivity index (χ3n) is 1.48. The molecule has 0 amide bonds. The summed E-state index contributed by atoms with van der Waals surface area (Å²) < 4.78 is 4.81. The summed E-state index contributed by atoms with van der Waals surface area (Å²) in [7, 11) is 0. The zero-order chi connectivity index (χ0) is 10.6. The first kappa shape index (κ1) is 11.1. The molecule has 1 aromatic carbocycles. The summed E-state index contributed by atoms with van der Waals surface area (Å²) in [6.07, 6.45) is 1.49. The molecule has 1 rings (SSSR count). The zero-order valence-corrected chi connectivity index (χ0v) is 8.81. The van der Waals surface area contributed by atoms with Gasteiger partial charge in [0.2, 0.25) is 0 Å². The van der Waals surface area contributed by atoms with Gasteiger partial charge in [0.1, 0.15) is 6.61 Å². The Kier molecular flexibility index (Phi) is 3.98. The van der Waals surface area contributed by atoms with Crippen LogP contribution in [-0.2, 0) is 4.74 Å². The van der Waals surface area contributed by atoms with Crippen molar-refractivity contribution >= 4 is 29.2 Å². The van der Waals surface area contributed by atoms with Crippen molar-refractivity contribution in [1.29, 1.82) is 0 Å². The number of hydrogen-bond donors (Lipinski definition) is 0. The third kappa shape index (κ3) is 2.76. The Morgan fingerprint density at radius 3 is 2.79 bits per heavy atom. The van der Waals surface area contributed by atoms with Gasteiger partial charge in [-0.1, -0.05) is 35.9 Å².